The molecule has 10 heteroatoms. The van der Waals surface area contributed by atoms with Crippen LogP contribution in [0.2, 0.25) is 0 Å². The van der Waals surface area contributed by atoms with Gasteiger partial charge in [-0.2, -0.15) is 5.01 Å². The molecular weight excluding hydrogens is 416 g/mol. The topological polar surface area (TPSA) is 116 Å². The Hall–Kier alpha value is -3.37. The number of phenols is 1. The first-order valence-electron chi connectivity index (χ1n) is 8.17. The summed E-state index contributed by atoms with van der Waals surface area (Å²) in [6, 6.07) is 12.5. The van der Waals surface area contributed by atoms with Gasteiger partial charge < -0.3 is 14.9 Å². The normalized spacial score (nSPS) is 14.9. The van der Waals surface area contributed by atoms with E-state index in [4.69, 9.17) is 22.1 Å². The highest BCUT2D eigenvalue weighted by atomic mass is 32.2. The highest BCUT2D eigenvalue weighted by Gasteiger charge is 2.34. The lowest BCUT2D eigenvalue weighted by atomic mass is 10.2. The van der Waals surface area contributed by atoms with Crippen molar-refractivity contribution in [3.63, 3.8) is 0 Å². The van der Waals surface area contributed by atoms with Gasteiger partial charge >= 0.3 is 5.97 Å². The van der Waals surface area contributed by atoms with E-state index in [0.29, 0.717) is 11.3 Å². The average Bonchev–Trinajstić information content (AvgIpc) is 2.94. The molecule has 0 spiro atoms. The molecule has 29 heavy (non-hydrogen) atoms. The number of para-hydroxylation sites is 1. The molecule has 0 radical (unpaired) electrons. The molecule has 0 atom stereocenters. The number of carbonyl (C=O) groups excluding carboxylic acids is 2. The third-order valence-corrected chi connectivity index (χ3v) is 4.98. The maximum atomic E-state index is 12.6. The fourth-order valence-electron chi connectivity index (χ4n) is 2.38. The van der Waals surface area contributed by atoms with Crippen LogP contribution >= 0.6 is 24.0 Å². The smallest absolute Gasteiger partial charge is 0.341 e. The number of benzene rings is 2. The third kappa shape index (κ3) is 4.92. The van der Waals surface area contributed by atoms with Gasteiger partial charge in [-0.25, -0.2) is 4.79 Å². The highest BCUT2D eigenvalue weighted by Crippen LogP contribution is 2.32. The monoisotopic (exact) mass is 430 g/mol. The van der Waals surface area contributed by atoms with Crippen molar-refractivity contribution in [1.82, 2.24) is 10.4 Å². The zero-order valence-corrected chi connectivity index (χ0v) is 16.3. The molecular formula is C19H14N2O6S2. The van der Waals surface area contributed by atoms with Crippen molar-refractivity contribution in [2.45, 2.75) is 0 Å². The largest absolute Gasteiger partial charge is 0.507 e. The lowest BCUT2D eigenvalue weighted by molar-refractivity contribution is -0.139. The lowest BCUT2D eigenvalue weighted by Crippen LogP contribution is -2.44. The van der Waals surface area contributed by atoms with E-state index in [1.165, 1.54) is 12.1 Å². The van der Waals surface area contributed by atoms with E-state index in [1.807, 2.05) is 0 Å². The molecule has 0 unspecified atom stereocenters. The lowest BCUT2D eigenvalue weighted by Gasteiger charge is -2.16. The van der Waals surface area contributed by atoms with E-state index >= 15 is 0 Å². The Bertz CT molecular complexity index is 1040. The van der Waals surface area contributed by atoms with Crippen LogP contribution in [-0.4, -0.2) is 43.9 Å². The van der Waals surface area contributed by atoms with Crippen LogP contribution in [0, 0.1) is 0 Å². The van der Waals surface area contributed by atoms with Crippen molar-refractivity contribution in [2.75, 3.05) is 6.61 Å². The maximum absolute atomic E-state index is 12.6. The van der Waals surface area contributed by atoms with Gasteiger partial charge in [-0.15, -0.1) is 0 Å². The molecule has 1 heterocycles. The standard InChI is InChI=1S/C19H14N2O6S2/c22-14-7-2-1-6-13(14)17(25)20-21-18(26)15(29-19(21)28)9-11-4-3-5-12(8-11)27-10-16(23)24/h1-9,22H,10H2,(H,20,25)(H,23,24)/b15-9-. The van der Waals surface area contributed by atoms with E-state index in [2.05, 4.69) is 5.43 Å². The number of thioether (sulfide) groups is 1. The minimum atomic E-state index is -1.10. The number of aromatic hydroxyl groups is 1. The number of nitrogens with one attached hydrogen (secondary N) is 1. The second-order valence-electron chi connectivity index (χ2n) is 5.73. The number of hydrazine groups is 1. The van der Waals surface area contributed by atoms with Crippen molar-refractivity contribution in [2.24, 2.45) is 0 Å². The number of carboxylic acids is 1. The first-order valence-corrected chi connectivity index (χ1v) is 9.39. The first kappa shape index (κ1) is 20.4. The van der Waals surface area contributed by atoms with Crippen LogP contribution in [0.15, 0.2) is 53.4 Å². The number of ether oxygens (including phenoxy) is 1. The molecule has 1 fully saturated rings. The minimum absolute atomic E-state index is 0.00816. The molecule has 3 N–H and O–H groups in total. The van der Waals surface area contributed by atoms with Gasteiger partial charge in [0.25, 0.3) is 11.8 Å². The molecule has 0 saturated carbocycles. The number of rotatable bonds is 6. The summed E-state index contributed by atoms with van der Waals surface area (Å²) >= 11 is 6.17. The zero-order valence-electron chi connectivity index (χ0n) is 14.7. The van der Waals surface area contributed by atoms with Gasteiger partial charge in [-0.3, -0.25) is 15.0 Å². The predicted octanol–water partition coefficient (Wildman–Crippen LogP) is 2.40. The van der Waals surface area contributed by atoms with Crippen molar-refractivity contribution in [3.8, 4) is 11.5 Å². The number of hydrogen-bond acceptors (Lipinski definition) is 7. The van der Waals surface area contributed by atoms with Crippen molar-refractivity contribution >= 4 is 52.2 Å². The van der Waals surface area contributed by atoms with Crippen LogP contribution in [0.5, 0.6) is 11.5 Å². The number of hydrogen-bond donors (Lipinski definition) is 3. The van der Waals surface area contributed by atoms with E-state index in [-0.39, 0.29) is 20.5 Å². The molecule has 8 nitrogen and oxygen atoms in total. The Balaban J connectivity index is 1.75. The van der Waals surface area contributed by atoms with Gasteiger partial charge in [0, 0.05) is 0 Å². The summed E-state index contributed by atoms with van der Waals surface area (Å²) in [5, 5.41) is 19.4. The molecule has 2 aromatic carbocycles. The fourth-order valence-corrected chi connectivity index (χ4v) is 3.56. The van der Waals surface area contributed by atoms with Crippen LogP contribution in [0.1, 0.15) is 15.9 Å². The molecule has 0 bridgehead atoms. The molecule has 1 aliphatic rings. The third-order valence-electron chi connectivity index (χ3n) is 3.67. The number of thiocarbonyl (C=S) groups is 1. The molecule has 2 aromatic rings. The van der Waals surface area contributed by atoms with E-state index in [0.717, 1.165) is 16.8 Å². The second-order valence-corrected chi connectivity index (χ2v) is 7.41. The number of carboxylic acid groups (broad SMARTS) is 1. The Morgan fingerprint density at radius 1 is 1.21 bits per heavy atom. The Kier molecular flexibility index (Phi) is 6.15. The first-order chi connectivity index (χ1) is 13.8. The van der Waals surface area contributed by atoms with Gasteiger partial charge in [-0.1, -0.05) is 36.0 Å². The van der Waals surface area contributed by atoms with Crippen LogP contribution in [0.25, 0.3) is 6.08 Å². The Morgan fingerprint density at radius 3 is 2.69 bits per heavy atom. The van der Waals surface area contributed by atoms with E-state index < -0.39 is 24.4 Å². The van der Waals surface area contributed by atoms with Gasteiger partial charge in [0.15, 0.2) is 10.9 Å². The van der Waals surface area contributed by atoms with Crippen LogP contribution in [0.4, 0.5) is 0 Å². The fraction of sp³-hybridized carbons (Fsp3) is 0.0526. The summed E-state index contributed by atoms with van der Waals surface area (Å²) in [4.78, 5) is 35.8. The molecule has 1 saturated heterocycles. The quantitative estimate of drug-likeness (QED) is 0.473. The van der Waals surface area contributed by atoms with Crippen LogP contribution < -0.4 is 10.2 Å². The molecule has 0 aromatic heterocycles. The molecule has 1 aliphatic heterocycles. The van der Waals surface area contributed by atoms with Gasteiger partial charge in [0.05, 0.1) is 10.5 Å². The summed E-state index contributed by atoms with van der Waals surface area (Å²) < 4.78 is 5.25. The number of amides is 2. The van der Waals surface area contributed by atoms with E-state index in [1.54, 1.807) is 42.5 Å². The highest BCUT2D eigenvalue weighted by molar-refractivity contribution is 8.26. The van der Waals surface area contributed by atoms with Crippen molar-refractivity contribution < 1.29 is 29.3 Å². The van der Waals surface area contributed by atoms with Gasteiger partial charge in [0.2, 0.25) is 0 Å². The molecule has 0 aliphatic carbocycles. The second kappa shape index (κ2) is 8.76. The predicted molar refractivity (Wildman–Crippen MR) is 110 cm³/mol. The molecule has 3 rings (SSSR count). The van der Waals surface area contributed by atoms with Crippen molar-refractivity contribution in [3.05, 3.63) is 64.6 Å². The summed E-state index contributed by atoms with van der Waals surface area (Å²) in [5.41, 5.74) is 2.99. The number of carbonyl (C=O) groups is 3. The molecule has 148 valence electrons. The summed E-state index contributed by atoms with van der Waals surface area (Å²) in [6.45, 7) is -0.482. The molecule has 2 amide bonds. The van der Waals surface area contributed by atoms with Gasteiger partial charge in [0.1, 0.15) is 11.5 Å². The Labute approximate surface area is 174 Å². The number of phenolic OH excluding ortho intramolecular Hbond substituents is 1. The van der Waals surface area contributed by atoms with Crippen LogP contribution in [0.3, 0.4) is 0 Å². The summed E-state index contributed by atoms with van der Waals surface area (Å²) in [5.74, 6) is -2.18. The number of aliphatic carboxylic acids is 1. The number of nitrogens with zero attached hydrogens (tertiary/aromatic N) is 1. The van der Waals surface area contributed by atoms with Crippen molar-refractivity contribution in [1.29, 1.82) is 0 Å². The Morgan fingerprint density at radius 2 is 1.97 bits per heavy atom. The average molecular weight is 430 g/mol. The van der Waals surface area contributed by atoms with Gasteiger partial charge in [-0.05, 0) is 48.1 Å². The van der Waals surface area contributed by atoms with Crippen LogP contribution in [-0.2, 0) is 9.59 Å². The zero-order chi connectivity index (χ0) is 21.0. The van der Waals surface area contributed by atoms with E-state index in [9.17, 15) is 19.5 Å². The minimum Gasteiger partial charge on any atom is -0.507 e. The maximum Gasteiger partial charge on any atom is 0.341 e. The summed E-state index contributed by atoms with van der Waals surface area (Å²) in [6.07, 6.45) is 1.55. The summed E-state index contributed by atoms with van der Waals surface area (Å²) in [7, 11) is 0. The SMILES string of the molecule is O=C(O)COc1cccc(/C=C2\SC(=S)N(NC(=O)c3ccccc3O)C2=O)c1.